The second kappa shape index (κ2) is 28.1. The molecule has 1 saturated heterocycles. The molecule has 0 aromatic carbocycles. The van der Waals surface area contributed by atoms with E-state index in [2.05, 4.69) is 38.2 Å². The van der Waals surface area contributed by atoms with Crippen molar-refractivity contribution in [1.82, 2.24) is 0 Å². The third-order valence-corrected chi connectivity index (χ3v) is 7.14. The first kappa shape index (κ1) is 49.6. The number of nitrogens with two attached hydrogens (primary N) is 1. The summed E-state index contributed by atoms with van der Waals surface area (Å²) in [5, 5.41) is 9.74. The predicted octanol–water partition coefficient (Wildman–Crippen LogP) is 3.72. The van der Waals surface area contributed by atoms with Crippen molar-refractivity contribution in [2.75, 3.05) is 26.2 Å². The first-order valence-electron chi connectivity index (χ1n) is 14.2. The molecule has 0 saturated carbocycles. The van der Waals surface area contributed by atoms with Crippen LogP contribution in [0.3, 0.4) is 0 Å². The van der Waals surface area contributed by atoms with Gasteiger partial charge in [0.1, 0.15) is 0 Å². The van der Waals surface area contributed by atoms with Gasteiger partial charge in [0.2, 0.25) is 0 Å². The van der Waals surface area contributed by atoms with Gasteiger partial charge in [0.15, 0.2) is 0 Å². The maximum atomic E-state index is 8.60. The fraction of sp³-hybridized carbons (Fsp3) is 0.692. The van der Waals surface area contributed by atoms with Gasteiger partial charge in [-0.1, -0.05) is 55.6 Å². The largest absolute Gasteiger partial charge is 2.00 e. The van der Waals surface area contributed by atoms with E-state index in [1.807, 2.05) is 0 Å². The first-order valence-corrected chi connectivity index (χ1v) is 15.5. The van der Waals surface area contributed by atoms with E-state index < -0.39 is 10.2 Å². The van der Waals surface area contributed by atoms with Gasteiger partial charge in [-0.15, -0.1) is 5.70 Å². The summed E-state index contributed by atoms with van der Waals surface area (Å²) in [5.74, 6) is 0. The predicted molar refractivity (Wildman–Crippen MR) is 163 cm³/mol. The zero-order valence-electron chi connectivity index (χ0n) is 25.5. The fourth-order valence-corrected chi connectivity index (χ4v) is 5.44. The Kier molecular flexibility index (Phi) is 29.6. The number of allylic oxidation sites excluding steroid dienone is 3. The number of nitrogens with zero attached hydrogens (tertiary/aromatic N) is 12. The van der Waals surface area contributed by atoms with Crippen LogP contribution < -0.4 is 14.0 Å². The number of hydrogen-bond donors (Lipinski definition) is 1. The smallest absolute Gasteiger partial charge is 0.693 e. The van der Waals surface area contributed by atoms with Gasteiger partial charge in [0.05, 0.1) is 14.9 Å². The summed E-state index contributed by atoms with van der Waals surface area (Å²) in [6.45, 7) is 4.02. The molecule has 6 aliphatic rings. The van der Waals surface area contributed by atoms with Gasteiger partial charge in [-0.2, -0.15) is 14.0 Å². The van der Waals surface area contributed by atoms with Crippen LogP contribution >= 0.6 is 0 Å². The quantitative estimate of drug-likeness (QED) is 0.192. The normalized spacial score (nSPS) is 23.2. The monoisotopic (exact) mass is 821 g/mol. The number of hydrogen-bond acceptors (Lipinski definition) is 8. The van der Waals surface area contributed by atoms with Gasteiger partial charge in [0.25, 0.3) is 0 Å². The van der Waals surface area contributed by atoms with Gasteiger partial charge in [-0.25, -0.2) is 0 Å². The van der Waals surface area contributed by atoms with Crippen LogP contribution in [0.25, 0.3) is 48.7 Å². The molecular weight excluding hydrogens is 784 g/mol. The molecule has 3 N–H and O–H groups in total. The topological polar surface area (TPSA) is 318 Å². The minimum absolute atomic E-state index is 0. The van der Waals surface area contributed by atoms with Crippen LogP contribution in [-0.2, 0) is 51.2 Å². The maximum absolute atomic E-state index is 8.60. The van der Waals surface area contributed by atoms with E-state index in [0.29, 0.717) is 12.1 Å². The second-order valence-electron chi connectivity index (χ2n) is 10.1. The Bertz CT molecular complexity index is 1120. The molecule has 17 nitrogen and oxygen atoms in total. The van der Waals surface area contributed by atoms with E-state index >= 15 is 0 Å². The van der Waals surface area contributed by atoms with E-state index in [9.17, 15) is 0 Å². The van der Waals surface area contributed by atoms with Crippen LogP contribution in [0.15, 0.2) is 43.9 Å². The maximum Gasteiger partial charge on any atom is 2.00 e. The van der Waals surface area contributed by atoms with Crippen LogP contribution in [0.2, 0.25) is 0 Å². The molecule has 21 heteroatoms. The fourth-order valence-electron chi connectivity index (χ4n) is 5.44. The van der Waals surface area contributed by atoms with E-state index in [-0.39, 0.29) is 63.4 Å². The molecule has 1 fully saturated rings. The molecule has 0 spiro atoms. The summed E-state index contributed by atoms with van der Waals surface area (Å²) < 4.78 is 32.7. The Morgan fingerprint density at radius 1 is 0.745 bits per heavy atom. The van der Waals surface area contributed by atoms with Gasteiger partial charge in [-0.05, 0) is 62.8 Å². The molecule has 47 heavy (non-hydrogen) atoms. The third kappa shape index (κ3) is 20.3. The summed E-state index contributed by atoms with van der Waals surface area (Å²) in [4.78, 5) is 21.2. The molecule has 0 bridgehead atoms. The van der Waals surface area contributed by atoms with Crippen molar-refractivity contribution >= 4 is 22.8 Å². The SMILES string of the molecule is C1=CC(C2=NCCC2)[N-]C(C2=NCCC2)=C1.C1CN=C(C2CCCC(C3=NCCC3)[N-]2)C1.[Cu+2].[Cu+].[Cu].[N-]=[N+]=[N-].[N-]=[N+]=[N-].[NH2-].[O-][Cl+3]([O-])([O-])O. The Labute approximate surface area is 309 Å². The van der Waals surface area contributed by atoms with Gasteiger partial charge in [-0.3, -0.25) is 29.8 Å². The van der Waals surface area contributed by atoms with Crippen molar-refractivity contribution in [3.8, 4) is 0 Å². The average molecular weight is 824 g/mol. The zero-order valence-corrected chi connectivity index (χ0v) is 29.0. The summed E-state index contributed by atoms with van der Waals surface area (Å²) >= 11 is 0. The minimum Gasteiger partial charge on any atom is -0.693 e. The van der Waals surface area contributed by atoms with E-state index in [0.717, 1.165) is 44.7 Å². The zero-order chi connectivity index (χ0) is 31.5. The van der Waals surface area contributed by atoms with E-state index in [1.54, 1.807) is 0 Å². The molecule has 0 aliphatic carbocycles. The molecule has 0 amide bonds. The molecule has 0 aromatic heterocycles. The van der Waals surface area contributed by atoms with Crippen molar-refractivity contribution < 1.29 is 80.1 Å². The number of rotatable bonds is 4. The average Bonchev–Trinajstić information content (AvgIpc) is 3.82. The number of halogens is 1. The molecule has 2 radical (unpaired) electrons. The van der Waals surface area contributed by atoms with Crippen LogP contribution in [-0.4, -0.2) is 71.8 Å². The van der Waals surface area contributed by atoms with Crippen molar-refractivity contribution in [3.63, 3.8) is 0 Å². The van der Waals surface area contributed by atoms with Crippen LogP contribution in [0.4, 0.5) is 0 Å². The number of piperidine rings is 1. The molecule has 0 aromatic rings. The van der Waals surface area contributed by atoms with Crippen LogP contribution in [0.1, 0.15) is 70.6 Å². The first-order chi connectivity index (χ1) is 20.7. The summed E-state index contributed by atoms with van der Waals surface area (Å²) in [6, 6.07) is 1.06. The molecule has 6 rings (SSSR count). The molecular formula is C26H39ClCu3N13O4-2. The summed E-state index contributed by atoms with van der Waals surface area (Å²) in [5.41, 5.74) is 33.3. The summed E-state index contributed by atoms with van der Waals surface area (Å²) in [7, 11) is -4.69. The van der Waals surface area contributed by atoms with Gasteiger partial charge in [0, 0.05) is 54.7 Å². The Morgan fingerprint density at radius 2 is 1.15 bits per heavy atom. The van der Waals surface area contributed by atoms with Crippen LogP contribution in [0.5, 0.6) is 0 Å². The van der Waals surface area contributed by atoms with Gasteiger partial charge >= 0.3 is 34.1 Å². The molecule has 274 valence electrons. The van der Waals surface area contributed by atoms with Crippen molar-refractivity contribution in [3.05, 3.63) is 72.7 Å². The second-order valence-corrected chi connectivity index (χ2v) is 10.9. The Morgan fingerprint density at radius 3 is 1.53 bits per heavy atom. The van der Waals surface area contributed by atoms with E-state index in [1.165, 1.54) is 90.5 Å². The van der Waals surface area contributed by atoms with Crippen LogP contribution in [0, 0.1) is 10.2 Å². The Hall–Kier alpha value is -1.81. The number of aliphatic imine (C=N–C) groups is 4. The summed E-state index contributed by atoms with van der Waals surface area (Å²) in [6.07, 6.45) is 19.5. The standard InChI is InChI=1S/C13H20N3.C13H16N3.ClHO4.3Cu.2N3.H2N/c2*1-4-12(10-6-2-8-14-10)16-13(5-1)11-7-3-9-15-11;2-1(3,4)5;;;;2*1-3-2;/h12-13H,1-9H2;1,4-5,12H,2-3,6-9H2;(H,2,3,4,5);;;;;;1H2/q2*-1;;;+1;+2;3*-1. The molecule has 6 heterocycles. The van der Waals surface area contributed by atoms with Crippen molar-refractivity contribution in [2.24, 2.45) is 20.0 Å². The van der Waals surface area contributed by atoms with Gasteiger partial charge < -0.3 is 38.9 Å². The minimum atomic E-state index is -4.69. The molecule has 3 atom stereocenters. The third-order valence-electron chi connectivity index (χ3n) is 7.14. The van der Waals surface area contributed by atoms with E-state index in [4.69, 9.17) is 51.4 Å². The van der Waals surface area contributed by atoms with Crippen molar-refractivity contribution in [2.45, 2.75) is 88.8 Å². The molecule has 6 aliphatic heterocycles. The Balaban J connectivity index is -0.000000593. The molecule has 3 unspecified atom stereocenters. The van der Waals surface area contributed by atoms with Crippen molar-refractivity contribution in [1.29, 1.82) is 0 Å².